The second kappa shape index (κ2) is 7.49. The number of aryl methyl sites for hydroxylation is 2. The molecule has 0 spiro atoms. The lowest BCUT2D eigenvalue weighted by molar-refractivity contribution is -0.138. The van der Waals surface area contributed by atoms with Crippen LogP contribution in [0.3, 0.4) is 0 Å². The van der Waals surface area contributed by atoms with Crippen molar-refractivity contribution in [3.63, 3.8) is 0 Å². The lowest BCUT2D eigenvalue weighted by Gasteiger charge is -2.37. The maximum Gasteiger partial charge on any atom is 0.277 e. The largest absolute Gasteiger partial charge is 0.366 e. The molecule has 2 atom stereocenters. The molecule has 2 aliphatic rings. The zero-order valence-corrected chi connectivity index (χ0v) is 17.5. The molecular weight excluding hydrogens is 336 g/mol. The molecule has 27 heavy (non-hydrogen) atoms. The summed E-state index contributed by atoms with van der Waals surface area (Å²) in [7, 11) is 0. The number of amides is 2. The molecule has 146 valence electrons. The highest BCUT2D eigenvalue weighted by Gasteiger charge is 2.42. The summed E-state index contributed by atoms with van der Waals surface area (Å²) in [5.41, 5.74) is 4.40. The van der Waals surface area contributed by atoms with Crippen LogP contribution in [-0.4, -0.2) is 41.2 Å². The Hall–Kier alpha value is -2.10. The van der Waals surface area contributed by atoms with Gasteiger partial charge in [-0.15, -0.1) is 0 Å². The quantitative estimate of drug-likeness (QED) is 0.754. The first-order valence-electron chi connectivity index (χ1n) is 10.1. The van der Waals surface area contributed by atoms with Gasteiger partial charge in [-0.3, -0.25) is 14.5 Å². The van der Waals surface area contributed by atoms with E-state index in [-0.39, 0.29) is 17.7 Å². The maximum atomic E-state index is 13.3. The van der Waals surface area contributed by atoms with Crippen LogP contribution in [0.1, 0.15) is 50.8 Å². The summed E-state index contributed by atoms with van der Waals surface area (Å²) in [5.74, 6) is 1.02. The molecule has 0 radical (unpaired) electrons. The van der Waals surface area contributed by atoms with E-state index in [4.69, 9.17) is 0 Å². The lowest BCUT2D eigenvalue weighted by atomic mass is 9.90. The molecule has 0 saturated carbocycles. The average Bonchev–Trinajstić information content (AvgIpc) is 2.81. The third-order valence-corrected chi connectivity index (χ3v) is 5.67. The molecule has 1 aromatic carbocycles. The third-order valence-electron chi connectivity index (χ3n) is 5.67. The van der Waals surface area contributed by atoms with Gasteiger partial charge in [0.2, 0.25) is 0 Å². The summed E-state index contributed by atoms with van der Waals surface area (Å²) in [6.07, 6.45) is 1.17. The average molecular weight is 369 g/mol. The SMILES string of the molecule is Cc1ccc(C2=C(N3CC(C)CC(C)C3)C(=O)N(CC(C)C)C2=O)cc1C. The molecule has 0 aliphatic carbocycles. The standard InChI is InChI=1S/C23H32N2O2/c1-14(2)11-25-22(26)20(19-8-7-17(5)18(6)10-19)21(23(25)27)24-12-15(3)9-16(4)13-24/h7-8,10,14-16H,9,11-13H2,1-6H3. The number of rotatable bonds is 4. The number of piperidine rings is 1. The molecule has 4 heteroatoms. The molecule has 2 unspecified atom stereocenters. The zero-order chi connectivity index (χ0) is 19.9. The van der Waals surface area contributed by atoms with E-state index in [0.29, 0.717) is 29.7 Å². The second-order valence-corrected chi connectivity index (χ2v) is 8.99. The van der Waals surface area contributed by atoms with E-state index in [9.17, 15) is 9.59 Å². The van der Waals surface area contributed by atoms with E-state index in [1.807, 2.05) is 32.0 Å². The summed E-state index contributed by atoms with van der Waals surface area (Å²) in [6.45, 7) is 14.8. The monoisotopic (exact) mass is 368 g/mol. The van der Waals surface area contributed by atoms with Gasteiger partial charge in [-0.05, 0) is 54.7 Å². The zero-order valence-electron chi connectivity index (χ0n) is 17.5. The molecule has 2 heterocycles. The molecule has 0 bridgehead atoms. The fourth-order valence-electron chi connectivity index (χ4n) is 4.39. The molecule has 4 nitrogen and oxygen atoms in total. The van der Waals surface area contributed by atoms with E-state index in [2.05, 4.69) is 32.6 Å². The van der Waals surface area contributed by atoms with Crippen molar-refractivity contribution >= 4 is 17.4 Å². The van der Waals surface area contributed by atoms with Crippen molar-refractivity contribution in [2.24, 2.45) is 17.8 Å². The number of carbonyl (C=O) groups excluding carboxylic acids is 2. The number of hydrogen-bond donors (Lipinski definition) is 0. The fraction of sp³-hybridized carbons (Fsp3) is 0.565. The van der Waals surface area contributed by atoms with Gasteiger partial charge in [0.05, 0.1) is 5.57 Å². The van der Waals surface area contributed by atoms with Crippen LogP contribution in [0.5, 0.6) is 0 Å². The van der Waals surface area contributed by atoms with E-state index >= 15 is 0 Å². The summed E-state index contributed by atoms with van der Waals surface area (Å²) >= 11 is 0. The molecule has 0 N–H and O–H groups in total. The van der Waals surface area contributed by atoms with Gasteiger partial charge in [0.1, 0.15) is 5.70 Å². The molecule has 1 aromatic rings. The van der Waals surface area contributed by atoms with Crippen molar-refractivity contribution in [2.45, 2.75) is 48.0 Å². The number of benzene rings is 1. The highest BCUT2D eigenvalue weighted by atomic mass is 16.2. The van der Waals surface area contributed by atoms with Crippen LogP contribution in [-0.2, 0) is 9.59 Å². The predicted molar refractivity (Wildman–Crippen MR) is 109 cm³/mol. The van der Waals surface area contributed by atoms with Gasteiger partial charge in [0, 0.05) is 19.6 Å². The Balaban J connectivity index is 2.10. The number of carbonyl (C=O) groups is 2. The predicted octanol–water partition coefficient (Wildman–Crippen LogP) is 4.02. The van der Waals surface area contributed by atoms with Gasteiger partial charge in [0.25, 0.3) is 11.8 Å². The minimum Gasteiger partial charge on any atom is -0.366 e. The summed E-state index contributed by atoms with van der Waals surface area (Å²) in [6, 6.07) is 6.07. The number of likely N-dealkylation sites (tertiary alicyclic amines) is 1. The normalized spacial score (nSPS) is 23.8. The van der Waals surface area contributed by atoms with Crippen molar-refractivity contribution < 1.29 is 9.59 Å². The molecule has 2 amide bonds. The van der Waals surface area contributed by atoms with E-state index < -0.39 is 0 Å². The van der Waals surface area contributed by atoms with Crippen molar-refractivity contribution in [3.8, 4) is 0 Å². The Bertz CT molecular complexity index is 784. The van der Waals surface area contributed by atoms with Gasteiger partial charge in [-0.25, -0.2) is 0 Å². The summed E-state index contributed by atoms with van der Waals surface area (Å²) in [5, 5.41) is 0. The van der Waals surface area contributed by atoms with Gasteiger partial charge in [0.15, 0.2) is 0 Å². The van der Waals surface area contributed by atoms with Crippen LogP contribution in [0.15, 0.2) is 23.9 Å². The molecule has 3 rings (SSSR count). The first kappa shape index (κ1) is 19.7. The van der Waals surface area contributed by atoms with Gasteiger partial charge in [-0.1, -0.05) is 45.9 Å². The molecule has 0 aromatic heterocycles. The van der Waals surface area contributed by atoms with Gasteiger partial charge >= 0.3 is 0 Å². The van der Waals surface area contributed by atoms with Gasteiger partial charge < -0.3 is 4.90 Å². The van der Waals surface area contributed by atoms with Crippen LogP contribution in [0.25, 0.3) is 5.57 Å². The Morgan fingerprint density at radius 3 is 2.19 bits per heavy atom. The third kappa shape index (κ3) is 3.80. The van der Waals surface area contributed by atoms with Crippen molar-refractivity contribution in [3.05, 3.63) is 40.6 Å². The first-order chi connectivity index (χ1) is 12.7. The summed E-state index contributed by atoms with van der Waals surface area (Å²) in [4.78, 5) is 30.2. The van der Waals surface area contributed by atoms with Crippen molar-refractivity contribution in [1.82, 2.24) is 9.80 Å². The van der Waals surface area contributed by atoms with Crippen molar-refractivity contribution in [1.29, 1.82) is 0 Å². The smallest absolute Gasteiger partial charge is 0.277 e. The summed E-state index contributed by atoms with van der Waals surface area (Å²) < 4.78 is 0. The van der Waals surface area contributed by atoms with Crippen LogP contribution in [0.4, 0.5) is 0 Å². The van der Waals surface area contributed by atoms with Crippen LogP contribution >= 0.6 is 0 Å². The van der Waals surface area contributed by atoms with Crippen LogP contribution in [0.2, 0.25) is 0 Å². The second-order valence-electron chi connectivity index (χ2n) is 8.99. The number of hydrogen-bond acceptors (Lipinski definition) is 3. The van der Waals surface area contributed by atoms with Crippen LogP contribution in [0, 0.1) is 31.6 Å². The van der Waals surface area contributed by atoms with E-state index in [1.165, 1.54) is 16.9 Å². The fourth-order valence-corrected chi connectivity index (χ4v) is 4.39. The Morgan fingerprint density at radius 1 is 1.00 bits per heavy atom. The van der Waals surface area contributed by atoms with Crippen LogP contribution < -0.4 is 0 Å². The highest BCUT2D eigenvalue weighted by molar-refractivity contribution is 6.35. The maximum absolute atomic E-state index is 13.3. The Labute approximate surface area is 163 Å². The van der Waals surface area contributed by atoms with Crippen molar-refractivity contribution in [2.75, 3.05) is 19.6 Å². The molecule has 2 aliphatic heterocycles. The van der Waals surface area contributed by atoms with Gasteiger partial charge in [-0.2, -0.15) is 0 Å². The first-order valence-corrected chi connectivity index (χ1v) is 10.1. The molecular formula is C23H32N2O2. The lowest BCUT2D eigenvalue weighted by Crippen LogP contribution is -2.42. The highest BCUT2D eigenvalue weighted by Crippen LogP contribution is 2.35. The minimum atomic E-state index is -0.141. The molecule has 1 fully saturated rings. The number of nitrogens with zero attached hydrogens (tertiary/aromatic N) is 2. The molecule has 1 saturated heterocycles. The van der Waals surface area contributed by atoms with E-state index in [1.54, 1.807) is 0 Å². The minimum absolute atomic E-state index is 0.122. The number of imide groups is 1. The Morgan fingerprint density at radius 2 is 1.63 bits per heavy atom. The Kier molecular flexibility index (Phi) is 5.45. The topological polar surface area (TPSA) is 40.6 Å². The van der Waals surface area contributed by atoms with E-state index in [0.717, 1.165) is 24.2 Å².